The molecule has 0 aliphatic heterocycles. The summed E-state index contributed by atoms with van der Waals surface area (Å²) in [5.41, 5.74) is 2.10. The predicted octanol–water partition coefficient (Wildman–Crippen LogP) is 3.54. The zero-order valence-electron chi connectivity index (χ0n) is 11.0. The average Bonchev–Trinajstić information content (AvgIpc) is 3.00. The molecule has 0 radical (unpaired) electrons. The van der Waals surface area contributed by atoms with E-state index in [2.05, 4.69) is 25.2 Å². The molecule has 0 spiro atoms. The number of aryl methyl sites for hydroxylation is 1. The van der Waals surface area contributed by atoms with E-state index in [9.17, 15) is 5.11 Å². The van der Waals surface area contributed by atoms with Gasteiger partial charge in [0.2, 0.25) is 0 Å². The van der Waals surface area contributed by atoms with Crippen LogP contribution in [0.2, 0.25) is 0 Å². The van der Waals surface area contributed by atoms with Gasteiger partial charge in [-0.15, -0.1) is 0 Å². The Labute approximate surface area is 104 Å². The molecule has 1 aliphatic rings. The fourth-order valence-electron chi connectivity index (χ4n) is 2.46. The van der Waals surface area contributed by atoms with Gasteiger partial charge in [0.15, 0.2) is 0 Å². The van der Waals surface area contributed by atoms with Gasteiger partial charge in [0.1, 0.15) is 5.75 Å². The summed E-state index contributed by atoms with van der Waals surface area (Å²) in [6.45, 7) is 6.35. The lowest BCUT2D eigenvalue weighted by Crippen LogP contribution is -2.29. The van der Waals surface area contributed by atoms with Crippen LogP contribution in [0, 0.1) is 12.8 Å². The van der Waals surface area contributed by atoms with Crippen molar-refractivity contribution in [2.24, 2.45) is 5.92 Å². The van der Waals surface area contributed by atoms with Crippen molar-refractivity contribution in [2.45, 2.75) is 52.1 Å². The summed E-state index contributed by atoms with van der Waals surface area (Å²) in [5, 5.41) is 13.5. The Morgan fingerprint density at radius 3 is 2.65 bits per heavy atom. The highest BCUT2D eigenvalue weighted by Crippen LogP contribution is 2.34. The third kappa shape index (κ3) is 3.47. The molecule has 1 fully saturated rings. The van der Waals surface area contributed by atoms with Crippen LogP contribution >= 0.6 is 0 Å². The summed E-state index contributed by atoms with van der Waals surface area (Å²) in [7, 11) is 0. The van der Waals surface area contributed by atoms with E-state index in [4.69, 9.17) is 0 Å². The second-order valence-corrected chi connectivity index (χ2v) is 5.53. The second-order valence-electron chi connectivity index (χ2n) is 5.53. The maximum atomic E-state index is 9.93. The van der Waals surface area contributed by atoms with Crippen molar-refractivity contribution in [3.8, 4) is 5.75 Å². The fraction of sp³-hybridized carbons (Fsp3) is 0.600. The van der Waals surface area contributed by atoms with Crippen LogP contribution < -0.4 is 5.32 Å². The van der Waals surface area contributed by atoms with Crippen molar-refractivity contribution in [3.05, 3.63) is 29.3 Å². The molecule has 2 nitrogen and oxygen atoms in total. The monoisotopic (exact) mass is 233 g/mol. The number of rotatable bonds is 5. The molecule has 0 saturated heterocycles. The Hall–Kier alpha value is -1.02. The molecule has 2 atom stereocenters. The van der Waals surface area contributed by atoms with Crippen LogP contribution in [-0.2, 0) is 0 Å². The number of nitrogens with one attached hydrogen (secondary N) is 1. The van der Waals surface area contributed by atoms with Gasteiger partial charge in [0, 0.05) is 17.6 Å². The van der Waals surface area contributed by atoms with E-state index < -0.39 is 0 Å². The maximum absolute atomic E-state index is 9.93. The van der Waals surface area contributed by atoms with E-state index in [-0.39, 0.29) is 6.04 Å². The van der Waals surface area contributed by atoms with E-state index in [0.29, 0.717) is 11.8 Å². The standard InChI is InChI=1S/C15H23NO/c1-10-4-7-14(15(17)8-10)12(3)16-11(2)9-13-5-6-13/h4,7-8,11-13,16-17H,5-6,9H2,1-3H3. The molecule has 0 amide bonds. The Kier molecular flexibility index (Phi) is 3.72. The molecule has 1 aliphatic carbocycles. The normalized spacial score (nSPS) is 19.0. The molecular weight excluding hydrogens is 210 g/mol. The molecule has 0 heterocycles. The molecule has 2 rings (SSSR count). The summed E-state index contributed by atoms with van der Waals surface area (Å²) >= 11 is 0. The molecule has 0 bridgehead atoms. The minimum atomic E-state index is 0.212. The third-order valence-corrected chi connectivity index (χ3v) is 3.57. The molecule has 0 aromatic heterocycles. The van der Waals surface area contributed by atoms with Crippen LogP contribution in [0.15, 0.2) is 18.2 Å². The van der Waals surface area contributed by atoms with Gasteiger partial charge >= 0.3 is 0 Å². The lowest BCUT2D eigenvalue weighted by Gasteiger charge is -2.21. The van der Waals surface area contributed by atoms with Gasteiger partial charge in [0.05, 0.1) is 0 Å². The largest absolute Gasteiger partial charge is 0.508 e. The molecular formula is C15H23NO. The Balaban J connectivity index is 1.95. The smallest absolute Gasteiger partial charge is 0.120 e. The van der Waals surface area contributed by atoms with Crippen LogP contribution in [0.25, 0.3) is 0 Å². The van der Waals surface area contributed by atoms with Crippen LogP contribution in [-0.4, -0.2) is 11.1 Å². The maximum Gasteiger partial charge on any atom is 0.120 e. The van der Waals surface area contributed by atoms with Gasteiger partial charge in [-0.25, -0.2) is 0 Å². The van der Waals surface area contributed by atoms with Gasteiger partial charge in [-0.3, -0.25) is 0 Å². The minimum absolute atomic E-state index is 0.212. The number of hydrogen-bond donors (Lipinski definition) is 2. The van der Waals surface area contributed by atoms with Crippen LogP contribution in [0.5, 0.6) is 5.75 Å². The van der Waals surface area contributed by atoms with Gasteiger partial charge in [-0.2, -0.15) is 0 Å². The number of aromatic hydroxyl groups is 1. The highest BCUT2D eigenvalue weighted by atomic mass is 16.3. The number of benzene rings is 1. The summed E-state index contributed by atoms with van der Waals surface area (Å²) in [5.74, 6) is 1.35. The molecule has 2 N–H and O–H groups in total. The highest BCUT2D eigenvalue weighted by molar-refractivity contribution is 5.37. The summed E-state index contributed by atoms with van der Waals surface area (Å²) in [6.07, 6.45) is 4.06. The number of hydrogen-bond acceptors (Lipinski definition) is 2. The van der Waals surface area contributed by atoms with Gasteiger partial charge in [0.25, 0.3) is 0 Å². The van der Waals surface area contributed by atoms with Crippen LogP contribution in [0.4, 0.5) is 0 Å². The van der Waals surface area contributed by atoms with Crippen molar-refractivity contribution in [1.82, 2.24) is 5.32 Å². The van der Waals surface area contributed by atoms with Crippen molar-refractivity contribution < 1.29 is 5.11 Å². The van der Waals surface area contributed by atoms with Crippen molar-refractivity contribution in [1.29, 1.82) is 0 Å². The number of phenolic OH excluding ortho intramolecular Hbond substituents is 1. The first kappa shape index (κ1) is 12.4. The zero-order valence-corrected chi connectivity index (χ0v) is 11.0. The van der Waals surface area contributed by atoms with Crippen molar-refractivity contribution in [3.63, 3.8) is 0 Å². The van der Waals surface area contributed by atoms with Crippen LogP contribution in [0.1, 0.15) is 50.3 Å². The van der Waals surface area contributed by atoms with Crippen molar-refractivity contribution in [2.75, 3.05) is 0 Å². The molecule has 17 heavy (non-hydrogen) atoms. The molecule has 1 saturated carbocycles. The van der Waals surface area contributed by atoms with E-state index in [1.54, 1.807) is 0 Å². The predicted molar refractivity (Wildman–Crippen MR) is 71.2 cm³/mol. The molecule has 1 aromatic rings. The average molecular weight is 233 g/mol. The fourth-order valence-corrected chi connectivity index (χ4v) is 2.46. The molecule has 2 unspecified atom stereocenters. The third-order valence-electron chi connectivity index (χ3n) is 3.57. The molecule has 1 aromatic carbocycles. The quantitative estimate of drug-likeness (QED) is 0.815. The zero-order chi connectivity index (χ0) is 12.4. The first-order chi connectivity index (χ1) is 8.06. The van der Waals surface area contributed by atoms with Gasteiger partial charge in [-0.1, -0.05) is 25.0 Å². The topological polar surface area (TPSA) is 32.3 Å². The van der Waals surface area contributed by atoms with Gasteiger partial charge < -0.3 is 10.4 Å². The van der Waals surface area contributed by atoms with Gasteiger partial charge in [-0.05, 0) is 44.7 Å². The summed E-state index contributed by atoms with van der Waals surface area (Å²) < 4.78 is 0. The Morgan fingerprint density at radius 2 is 2.06 bits per heavy atom. The highest BCUT2D eigenvalue weighted by Gasteiger charge is 2.24. The Bertz CT molecular complexity index is 385. The Morgan fingerprint density at radius 1 is 1.35 bits per heavy atom. The molecule has 94 valence electrons. The van der Waals surface area contributed by atoms with E-state index >= 15 is 0 Å². The summed E-state index contributed by atoms with van der Waals surface area (Å²) in [6, 6.07) is 6.65. The summed E-state index contributed by atoms with van der Waals surface area (Å²) in [4.78, 5) is 0. The number of phenols is 1. The lowest BCUT2D eigenvalue weighted by molar-refractivity contribution is 0.415. The van der Waals surface area contributed by atoms with E-state index in [1.807, 2.05) is 19.1 Å². The SMILES string of the molecule is Cc1ccc(C(C)NC(C)CC2CC2)c(O)c1. The molecule has 2 heteroatoms. The van der Waals surface area contributed by atoms with E-state index in [1.165, 1.54) is 19.3 Å². The lowest BCUT2D eigenvalue weighted by atomic mass is 10.0. The first-order valence-corrected chi connectivity index (χ1v) is 6.62. The first-order valence-electron chi connectivity index (χ1n) is 6.62. The van der Waals surface area contributed by atoms with E-state index in [0.717, 1.165) is 17.0 Å². The van der Waals surface area contributed by atoms with Crippen molar-refractivity contribution >= 4 is 0 Å². The second kappa shape index (κ2) is 5.09. The van der Waals surface area contributed by atoms with Crippen LogP contribution in [0.3, 0.4) is 0 Å². The minimum Gasteiger partial charge on any atom is -0.508 e.